The molecule has 2 nitrogen and oxygen atoms in total. The lowest BCUT2D eigenvalue weighted by Crippen LogP contribution is -2.16. The van der Waals surface area contributed by atoms with Gasteiger partial charge in [-0.15, -0.1) is 0 Å². The van der Waals surface area contributed by atoms with Crippen LogP contribution in [-0.4, -0.2) is 11.8 Å². The van der Waals surface area contributed by atoms with Crippen molar-refractivity contribution in [3.05, 3.63) is 35.4 Å². The summed E-state index contributed by atoms with van der Waals surface area (Å²) >= 11 is 0. The van der Waals surface area contributed by atoms with Gasteiger partial charge in [0.2, 0.25) is 0 Å². The molecule has 0 aliphatic heterocycles. The zero-order valence-electron chi connectivity index (χ0n) is 9.42. The van der Waals surface area contributed by atoms with Crippen molar-refractivity contribution in [2.75, 3.05) is 0 Å². The molecule has 0 bridgehead atoms. The van der Waals surface area contributed by atoms with Gasteiger partial charge in [-0.05, 0) is 25.5 Å². The molecule has 0 saturated heterocycles. The summed E-state index contributed by atoms with van der Waals surface area (Å²) in [4.78, 5) is 11.6. The van der Waals surface area contributed by atoms with Crippen molar-refractivity contribution < 1.29 is 18.0 Å². The van der Waals surface area contributed by atoms with Gasteiger partial charge in [-0.2, -0.15) is 13.2 Å². The first-order chi connectivity index (χ1) is 7.80. The molecule has 5 heteroatoms. The van der Waals surface area contributed by atoms with Gasteiger partial charge in [-0.25, -0.2) is 0 Å². The Hall–Kier alpha value is -1.36. The zero-order valence-corrected chi connectivity index (χ0v) is 9.42. The molecule has 1 aromatic rings. The first-order valence-electron chi connectivity index (χ1n) is 5.26. The number of carbonyl (C=O) groups is 1. The highest BCUT2D eigenvalue weighted by atomic mass is 19.4. The Morgan fingerprint density at radius 2 is 2.06 bits per heavy atom. The Morgan fingerprint density at radius 3 is 2.59 bits per heavy atom. The van der Waals surface area contributed by atoms with E-state index in [1.807, 2.05) is 0 Å². The molecule has 1 aromatic carbocycles. The molecular formula is C12H14F3NO. The Morgan fingerprint density at radius 1 is 1.41 bits per heavy atom. The van der Waals surface area contributed by atoms with Crippen LogP contribution in [0.1, 0.15) is 35.7 Å². The largest absolute Gasteiger partial charge is 0.416 e. The first-order valence-corrected chi connectivity index (χ1v) is 5.26. The average Bonchev–Trinajstić information content (AvgIpc) is 2.25. The van der Waals surface area contributed by atoms with E-state index in [1.54, 1.807) is 6.92 Å². The molecule has 2 N–H and O–H groups in total. The van der Waals surface area contributed by atoms with Crippen molar-refractivity contribution in [3.8, 4) is 0 Å². The standard InChI is InChI=1S/C12H14F3NO/c1-8(16)5-6-11(17)9-3-2-4-10(7-9)12(13,14)15/h2-4,7-8H,5-6,16H2,1H3. The molecule has 0 fully saturated rings. The van der Waals surface area contributed by atoms with Gasteiger partial charge >= 0.3 is 6.18 Å². The fourth-order valence-corrected chi connectivity index (χ4v) is 1.37. The number of hydrogen-bond donors (Lipinski definition) is 1. The van der Waals surface area contributed by atoms with Gasteiger partial charge in [0.1, 0.15) is 0 Å². The van der Waals surface area contributed by atoms with E-state index in [2.05, 4.69) is 0 Å². The number of alkyl halides is 3. The number of halogens is 3. The highest BCUT2D eigenvalue weighted by Crippen LogP contribution is 2.29. The molecule has 1 atom stereocenters. The van der Waals surface area contributed by atoms with E-state index >= 15 is 0 Å². The summed E-state index contributed by atoms with van der Waals surface area (Å²) in [7, 11) is 0. The second-order valence-electron chi connectivity index (χ2n) is 4.02. The summed E-state index contributed by atoms with van der Waals surface area (Å²) < 4.78 is 37.2. The van der Waals surface area contributed by atoms with Crippen molar-refractivity contribution in [2.24, 2.45) is 5.73 Å². The van der Waals surface area contributed by atoms with Crippen LogP contribution in [0.5, 0.6) is 0 Å². The molecule has 94 valence electrons. The topological polar surface area (TPSA) is 43.1 Å². The van der Waals surface area contributed by atoms with E-state index in [-0.39, 0.29) is 23.8 Å². The van der Waals surface area contributed by atoms with Crippen LogP contribution in [0.3, 0.4) is 0 Å². The van der Waals surface area contributed by atoms with E-state index in [0.717, 1.165) is 12.1 Å². The van der Waals surface area contributed by atoms with Crippen LogP contribution in [0.25, 0.3) is 0 Å². The third kappa shape index (κ3) is 4.19. The van der Waals surface area contributed by atoms with Crippen molar-refractivity contribution in [2.45, 2.75) is 32.0 Å². The highest BCUT2D eigenvalue weighted by molar-refractivity contribution is 5.96. The summed E-state index contributed by atoms with van der Waals surface area (Å²) in [5.74, 6) is -0.312. The molecule has 17 heavy (non-hydrogen) atoms. The van der Waals surface area contributed by atoms with E-state index in [9.17, 15) is 18.0 Å². The van der Waals surface area contributed by atoms with E-state index in [1.165, 1.54) is 12.1 Å². The second kappa shape index (κ2) is 5.31. The number of Topliss-reactive ketones (excluding diaryl/α,β-unsaturated/α-hetero) is 1. The first kappa shape index (κ1) is 13.7. The van der Waals surface area contributed by atoms with Crippen LogP contribution < -0.4 is 5.73 Å². The van der Waals surface area contributed by atoms with Crippen molar-refractivity contribution in [3.63, 3.8) is 0 Å². The lowest BCUT2D eigenvalue weighted by atomic mass is 10.0. The van der Waals surface area contributed by atoms with Crippen LogP contribution in [0.2, 0.25) is 0 Å². The number of hydrogen-bond acceptors (Lipinski definition) is 2. The highest BCUT2D eigenvalue weighted by Gasteiger charge is 2.30. The minimum Gasteiger partial charge on any atom is -0.328 e. The molecule has 0 amide bonds. The summed E-state index contributed by atoms with van der Waals surface area (Å²) in [6, 6.07) is 4.32. The normalized spacial score (nSPS) is 13.5. The molecular weight excluding hydrogens is 231 g/mol. The smallest absolute Gasteiger partial charge is 0.328 e. The lowest BCUT2D eigenvalue weighted by Gasteiger charge is -2.08. The maximum atomic E-state index is 12.4. The third-order valence-electron chi connectivity index (χ3n) is 2.34. The predicted molar refractivity (Wildman–Crippen MR) is 58.7 cm³/mol. The van der Waals surface area contributed by atoms with Gasteiger partial charge in [0, 0.05) is 18.0 Å². The summed E-state index contributed by atoms with van der Waals surface area (Å²) in [6.45, 7) is 1.75. The minimum atomic E-state index is -4.42. The van der Waals surface area contributed by atoms with E-state index in [0.29, 0.717) is 6.42 Å². The maximum Gasteiger partial charge on any atom is 0.416 e. The van der Waals surface area contributed by atoms with Crippen LogP contribution in [0.4, 0.5) is 13.2 Å². The molecule has 1 unspecified atom stereocenters. The van der Waals surface area contributed by atoms with Crippen LogP contribution >= 0.6 is 0 Å². The molecule has 1 rings (SSSR count). The van der Waals surface area contributed by atoms with Crippen LogP contribution in [0.15, 0.2) is 24.3 Å². The Kier molecular flexibility index (Phi) is 4.28. The van der Waals surface area contributed by atoms with E-state index < -0.39 is 11.7 Å². The Bertz CT molecular complexity index is 399. The third-order valence-corrected chi connectivity index (χ3v) is 2.34. The molecule has 0 radical (unpaired) electrons. The fraction of sp³-hybridized carbons (Fsp3) is 0.417. The summed E-state index contributed by atoms with van der Waals surface area (Å²) in [6.07, 6.45) is -3.79. The van der Waals surface area contributed by atoms with Crippen molar-refractivity contribution in [1.29, 1.82) is 0 Å². The molecule has 0 aliphatic rings. The summed E-state index contributed by atoms with van der Waals surface area (Å²) in [5.41, 5.74) is 4.77. The number of benzene rings is 1. The molecule has 0 heterocycles. The molecule has 0 aliphatic carbocycles. The maximum absolute atomic E-state index is 12.4. The SMILES string of the molecule is CC(N)CCC(=O)c1cccc(C(F)(F)F)c1. The lowest BCUT2D eigenvalue weighted by molar-refractivity contribution is -0.137. The van der Waals surface area contributed by atoms with Crippen LogP contribution in [-0.2, 0) is 6.18 Å². The average molecular weight is 245 g/mol. The Labute approximate surface area is 97.6 Å². The number of nitrogens with two attached hydrogens (primary N) is 1. The van der Waals surface area contributed by atoms with Gasteiger partial charge in [-0.3, -0.25) is 4.79 Å². The number of carbonyl (C=O) groups excluding carboxylic acids is 1. The molecule has 0 aromatic heterocycles. The zero-order chi connectivity index (χ0) is 13.1. The molecule has 0 saturated carbocycles. The van der Waals surface area contributed by atoms with Gasteiger partial charge in [0.05, 0.1) is 5.56 Å². The quantitative estimate of drug-likeness (QED) is 0.828. The number of rotatable bonds is 4. The predicted octanol–water partition coefficient (Wildman–Crippen LogP) is 3.02. The van der Waals surface area contributed by atoms with Crippen LogP contribution in [0, 0.1) is 0 Å². The monoisotopic (exact) mass is 245 g/mol. The summed E-state index contributed by atoms with van der Waals surface area (Å²) in [5, 5.41) is 0. The van der Waals surface area contributed by atoms with E-state index in [4.69, 9.17) is 5.73 Å². The Balaban J connectivity index is 2.81. The van der Waals surface area contributed by atoms with Gasteiger partial charge in [0.15, 0.2) is 5.78 Å². The van der Waals surface area contributed by atoms with Gasteiger partial charge in [0.25, 0.3) is 0 Å². The van der Waals surface area contributed by atoms with Gasteiger partial charge in [-0.1, -0.05) is 12.1 Å². The number of ketones is 1. The molecule has 0 spiro atoms. The van der Waals surface area contributed by atoms with Crippen molar-refractivity contribution >= 4 is 5.78 Å². The van der Waals surface area contributed by atoms with Gasteiger partial charge < -0.3 is 5.73 Å². The minimum absolute atomic E-state index is 0.0838. The second-order valence-corrected chi connectivity index (χ2v) is 4.02. The van der Waals surface area contributed by atoms with Crippen molar-refractivity contribution in [1.82, 2.24) is 0 Å². The fourth-order valence-electron chi connectivity index (χ4n) is 1.37.